The summed E-state index contributed by atoms with van der Waals surface area (Å²) in [6.07, 6.45) is -5.36. The molecule has 106 valence electrons. The molecular weight excluding hydrogens is 264 g/mol. The molecule has 2 N–H and O–H groups in total. The molecule has 1 aromatic rings. The molecule has 0 saturated heterocycles. The first-order valence-corrected chi connectivity index (χ1v) is 5.57. The minimum atomic E-state index is -4.22. The van der Waals surface area contributed by atoms with E-state index in [9.17, 15) is 13.2 Å². The SMILES string of the molecule is COc1ccc(OCCCC(F)(F)F)c(B(O)O)c1. The van der Waals surface area contributed by atoms with E-state index in [4.69, 9.17) is 19.5 Å². The minimum absolute atomic E-state index is 0.0476. The summed E-state index contributed by atoms with van der Waals surface area (Å²) in [7, 11) is -0.375. The number of methoxy groups -OCH3 is 1. The van der Waals surface area contributed by atoms with Crippen molar-refractivity contribution in [2.45, 2.75) is 19.0 Å². The highest BCUT2D eigenvalue weighted by molar-refractivity contribution is 6.59. The number of halogens is 3. The lowest BCUT2D eigenvalue weighted by atomic mass is 9.79. The molecule has 0 bridgehead atoms. The molecule has 19 heavy (non-hydrogen) atoms. The molecule has 4 nitrogen and oxygen atoms in total. The number of hydrogen-bond acceptors (Lipinski definition) is 4. The summed E-state index contributed by atoms with van der Waals surface area (Å²) < 4.78 is 45.8. The third-order valence-electron chi connectivity index (χ3n) is 2.36. The lowest BCUT2D eigenvalue weighted by Crippen LogP contribution is -2.31. The maximum atomic E-state index is 11.9. The van der Waals surface area contributed by atoms with Gasteiger partial charge in [-0.2, -0.15) is 13.2 Å². The van der Waals surface area contributed by atoms with E-state index in [2.05, 4.69) is 0 Å². The third-order valence-corrected chi connectivity index (χ3v) is 2.36. The first-order chi connectivity index (χ1) is 8.83. The molecule has 0 unspecified atom stereocenters. The Kier molecular flexibility index (Phi) is 5.50. The van der Waals surface area contributed by atoms with E-state index in [1.54, 1.807) is 0 Å². The Hall–Kier alpha value is -1.41. The van der Waals surface area contributed by atoms with Crippen molar-refractivity contribution in [2.24, 2.45) is 0 Å². The van der Waals surface area contributed by atoms with E-state index in [0.717, 1.165) is 0 Å². The maximum Gasteiger partial charge on any atom is 0.492 e. The van der Waals surface area contributed by atoms with Crippen LogP contribution in [0, 0.1) is 0 Å². The van der Waals surface area contributed by atoms with Crippen molar-refractivity contribution in [3.8, 4) is 11.5 Å². The van der Waals surface area contributed by atoms with Crippen molar-refractivity contribution in [1.82, 2.24) is 0 Å². The van der Waals surface area contributed by atoms with Crippen LogP contribution >= 0.6 is 0 Å². The first-order valence-electron chi connectivity index (χ1n) is 5.57. The van der Waals surface area contributed by atoms with Crippen molar-refractivity contribution in [2.75, 3.05) is 13.7 Å². The van der Waals surface area contributed by atoms with Crippen LogP contribution in [0.2, 0.25) is 0 Å². The highest BCUT2D eigenvalue weighted by Gasteiger charge is 2.26. The molecule has 8 heteroatoms. The Morgan fingerprint density at radius 2 is 1.95 bits per heavy atom. The summed E-state index contributed by atoms with van der Waals surface area (Å²) in [4.78, 5) is 0. The Balaban J connectivity index is 2.62. The number of benzene rings is 1. The van der Waals surface area contributed by atoms with Crippen LogP contribution in [0.4, 0.5) is 13.2 Å². The maximum absolute atomic E-state index is 11.9. The normalized spacial score (nSPS) is 11.3. The molecule has 0 heterocycles. The van der Waals surface area contributed by atoms with E-state index in [-0.39, 0.29) is 24.2 Å². The number of hydrogen-bond donors (Lipinski definition) is 2. The van der Waals surface area contributed by atoms with Crippen molar-refractivity contribution in [1.29, 1.82) is 0 Å². The van der Waals surface area contributed by atoms with Crippen LogP contribution in [0.3, 0.4) is 0 Å². The molecule has 0 aliphatic carbocycles. The average molecular weight is 278 g/mol. The summed E-state index contributed by atoms with van der Waals surface area (Å²) in [6.45, 7) is -0.161. The fourth-order valence-corrected chi connectivity index (χ4v) is 1.44. The summed E-state index contributed by atoms with van der Waals surface area (Å²) >= 11 is 0. The van der Waals surface area contributed by atoms with Crippen LogP contribution < -0.4 is 14.9 Å². The van der Waals surface area contributed by atoms with Crippen molar-refractivity contribution >= 4 is 12.6 Å². The van der Waals surface area contributed by atoms with Crippen LogP contribution in [0.1, 0.15) is 12.8 Å². The van der Waals surface area contributed by atoms with Gasteiger partial charge in [0.2, 0.25) is 0 Å². The van der Waals surface area contributed by atoms with Gasteiger partial charge in [0.05, 0.1) is 13.7 Å². The Morgan fingerprint density at radius 1 is 1.26 bits per heavy atom. The molecule has 1 aromatic carbocycles. The van der Waals surface area contributed by atoms with Gasteiger partial charge in [0.15, 0.2) is 0 Å². The molecule has 0 amide bonds. The van der Waals surface area contributed by atoms with Crippen LogP contribution in [-0.2, 0) is 0 Å². The second-order valence-electron chi connectivity index (χ2n) is 3.84. The van der Waals surface area contributed by atoms with Gasteiger partial charge < -0.3 is 19.5 Å². The van der Waals surface area contributed by atoms with Gasteiger partial charge in [-0.05, 0) is 24.6 Å². The number of rotatable bonds is 6. The third kappa shape index (κ3) is 5.40. The quantitative estimate of drug-likeness (QED) is 0.604. The van der Waals surface area contributed by atoms with Crippen molar-refractivity contribution < 1.29 is 32.7 Å². The summed E-state index contributed by atoms with van der Waals surface area (Å²) in [5.74, 6) is 0.517. The fourth-order valence-electron chi connectivity index (χ4n) is 1.44. The highest BCUT2D eigenvalue weighted by Crippen LogP contribution is 2.22. The van der Waals surface area contributed by atoms with E-state index in [1.807, 2.05) is 0 Å². The van der Waals surface area contributed by atoms with Gasteiger partial charge in [0.25, 0.3) is 0 Å². The van der Waals surface area contributed by atoms with Crippen molar-refractivity contribution in [3.05, 3.63) is 18.2 Å². The fraction of sp³-hybridized carbons (Fsp3) is 0.455. The molecule has 0 aromatic heterocycles. The zero-order chi connectivity index (χ0) is 14.5. The van der Waals surface area contributed by atoms with Gasteiger partial charge in [-0.25, -0.2) is 0 Å². The predicted octanol–water partition coefficient (Wildman–Crippen LogP) is 1.10. The van der Waals surface area contributed by atoms with Gasteiger partial charge in [-0.3, -0.25) is 0 Å². The monoisotopic (exact) mass is 278 g/mol. The van der Waals surface area contributed by atoms with E-state index in [0.29, 0.717) is 5.75 Å². The van der Waals surface area contributed by atoms with Gasteiger partial charge in [0, 0.05) is 11.9 Å². The zero-order valence-corrected chi connectivity index (χ0v) is 10.3. The van der Waals surface area contributed by atoms with E-state index in [1.165, 1.54) is 25.3 Å². The number of alkyl halides is 3. The van der Waals surface area contributed by atoms with Gasteiger partial charge in [-0.15, -0.1) is 0 Å². The molecule has 0 saturated carbocycles. The second-order valence-corrected chi connectivity index (χ2v) is 3.84. The van der Waals surface area contributed by atoms with Crippen LogP contribution in [0.15, 0.2) is 18.2 Å². The van der Waals surface area contributed by atoms with E-state index >= 15 is 0 Å². The largest absolute Gasteiger partial charge is 0.497 e. The topological polar surface area (TPSA) is 58.9 Å². The Morgan fingerprint density at radius 3 is 2.47 bits per heavy atom. The molecule has 0 aliphatic rings. The molecule has 0 atom stereocenters. The molecule has 0 spiro atoms. The zero-order valence-electron chi connectivity index (χ0n) is 10.3. The summed E-state index contributed by atoms with van der Waals surface area (Å²) in [5, 5.41) is 18.3. The Bertz CT molecular complexity index is 409. The lowest BCUT2D eigenvalue weighted by molar-refractivity contribution is -0.136. The summed E-state index contributed by atoms with van der Waals surface area (Å²) in [5.41, 5.74) is 0.0476. The molecule has 0 aliphatic heterocycles. The average Bonchev–Trinajstić information content (AvgIpc) is 2.33. The van der Waals surface area contributed by atoms with Gasteiger partial charge in [0.1, 0.15) is 11.5 Å². The highest BCUT2D eigenvalue weighted by atomic mass is 19.4. The van der Waals surface area contributed by atoms with Crippen LogP contribution in [0.5, 0.6) is 11.5 Å². The summed E-state index contributed by atoms with van der Waals surface area (Å²) in [6, 6.07) is 4.29. The predicted molar refractivity (Wildman–Crippen MR) is 63.6 cm³/mol. The molecule has 0 radical (unpaired) electrons. The molecular formula is C11H14BF3O4. The van der Waals surface area contributed by atoms with Gasteiger partial charge in [-0.1, -0.05) is 0 Å². The molecule has 1 rings (SSSR count). The minimum Gasteiger partial charge on any atom is -0.497 e. The second kappa shape index (κ2) is 6.67. The van der Waals surface area contributed by atoms with E-state index < -0.39 is 19.7 Å². The first kappa shape index (κ1) is 15.7. The van der Waals surface area contributed by atoms with Gasteiger partial charge >= 0.3 is 13.3 Å². The number of ether oxygens (including phenoxy) is 2. The van der Waals surface area contributed by atoms with Crippen LogP contribution in [-0.4, -0.2) is 37.1 Å². The standard InChI is InChI=1S/C11H14BF3O4/c1-18-8-3-4-10(9(7-8)12(16)17)19-6-2-5-11(13,14)15/h3-4,7,16-17H,2,5-6H2,1H3. The Labute approximate surface area is 108 Å². The smallest absolute Gasteiger partial charge is 0.492 e. The van der Waals surface area contributed by atoms with Crippen LogP contribution in [0.25, 0.3) is 0 Å². The lowest BCUT2D eigenvalue weighted by Gasteiger charge is -2.13. The molecule has 0 fully saturated rings. The van der Waals surface area contributed by atoms with Crippen molar-refractivity contribution in [3.63, 3.8) is 0 Å².